The molecule has 0 radical (unpaired) electrons. The number of Topliss-reactive ketones (excluding diaryl/α,β-unsaturated/α-hetero) is 1. The predicted molar refractivity (Wildman–Crippen MR) is 84.4 cm³/mol. The van der Waals surface area contributed by atoms with Crippen molar-refractivity contribution >= 4 is 17.4 Å². The van der Waals surface area contributed by atoms with E-state index < -0.39 is 0 Å². The van der Waals surface area contributed by atoms with Gasteiger partial charge in [-0.1, -0.05) is 18.5 Å². The second-order valence-corrected chi connectivity index (χ2v) is 5.58. The maximum Gasteiger partial charge on any atom is 0.164 e. The Hall–Kier alpha value is -1.74. The van der Waals surface area contributed by atoms with Gasteiger partial charge in [-0.2, -0.15) is 0 Å². The summed E-state index contributed by atoms with van der Waals surface area (Å²) >= 11 is 6.27. The van der Waals surface area contributed by atoms with Crippen LogP contribution in [0, 0.1) is 0 Å². The van der Waals surface area contributed by atoms with Crippen LogP contribution in [0.4, 0.5) is 0 Å². The fraction of sp³-hybridized carbons (Fsp3) is 0.353. The van der Waals surface area contributed by atoms with Crippen molar-refractivity contribution in [2.45, 2.75) is 33.2 Å². The summed E-state index contributed by atoms with van der Waals surface area (Å²) in [6, 6.07) is 5.86. The molecule has 0 bridgehead atoms. The standard InChI is InChI=1S/C17H18ClNO2/c1-3-15(20)12-6-8-19-7-5-11-9-14(18)16(21-4-2)10-13(11)17(12)19/h6,8-10H,3-5,7H2,1-2H3. The van der Waals surface area contributed by atoms with Crippen LogP contribution >= 0.6 is 11.6 Å². The monoisotopic (exact) mass is 303 g/mol. The van der Waals surface area contributed by atoms with Gasteiger partial charge < -0.3 is 9.30 Å². The fourth-order valence-electron chi connectivity index (χ4n) is 2.90. The molecular formula is C17H18ClNO2. The van der Waals surface area contributed by atoms with Crippen molar-refractivity contribution in [1.29, 1.82) is 0 Å². The molecule has 0 saturated heterocycles. The molecule has 21 heavy (non-hydrogen) atoms. The Balaban J connectivity index is 2.18. The van der Waals surface area contributed by atoms with Crippen molar-refractivity contribution in [1.82, 2.24) is 4.57 Å². The van der Waals surface area contributed by atoms with Crippen LogP contribution in [0.25, 0.3) is 11.3 Å². The smallest absolute Gasteiger partial charge is 0.164 e. The minimum atomic E-state index is 0.171. The van der Waals surface area contributed by atoms with Gasteiger partial charge in [0.25, 0.3) is 0 Å². The number of aromatic nitrogens is 1. The van der Waals surface area contributed by atoms with E-state index in [0.29, 0.717) is 23.8 Å². The predicted octanol–water partition coefficient (Wildman–Crippen LogP) is 4.36. The molecule has 0 saturated carbocycles. The molecular weight excluding hydrogens is 286 g/mol. The van der Waals surface area contributed by atoms with Crippen LogP contribution in [-0.4, -0.2) is 17.0 Å². The number of fused-ring (bicyclic) bond motifs is 3. The van der Waals surface area contributed by atoms with E-state index >= 15 is 0 Å². The van der Waals surface area contributed by atoms with Crippen LogP contribution in [0.3, 0.4) is 0 Å². The number of hydrogen-bond acceptors (Lipinski definition) is 2. The van der Waals surface area contributed by atoms with Crippen molar-refractivity contribution in [2.75, 3.05) is 6.61 Å². The first-order valence-electron chi connectivity index (χ1n) is 7.33. The number of nitrogens with zero attached hydrogens (tertiary/aromatic N) is 1. The van der Waals surface area contributed by atoms with E-state index in [0.717, 1.165) is 29.8 Å². The summed E-state index contributed by atoms with van der Waals surface area (Å²) in [7, 11) is 0. The Morgan fingerprint density at radius 3 is 2.90 bits per heavy atom. The van der Waals surface area contributed by atoms with Crippen LogP contribution in [0.5, 0.6) is 5.75 Å². The van der Waals surface area contributed by atoms with Crippen LogP contribution in [-0.2, 0) is 13.0 Å². The summed E-state index contributed by atoms with van der Waals surface area (Å²) in [5.74, 6) is 0.854. The van der Waals surface area contributed by atoms with Gasteiger partial charge in [0.15, 0.2) is 5.78 Å². The largest absolute Gasteiger partial charge is 0.492 e. The average Bonchev–Trinajstić information content (AvgIpc) is 2.92. The number of benzene rings is 1. The van der Waals surface area contributed by atoms with Crippen LogP contribution in [0.1, 0.15) is 36.2 Å². The van der Waals surface area contributed by atoms with Crippen molar-refractivity contribution < 1.29 is 9.53 Å². The van der Waals surface area contributed by atoms with E-state index in [1.807, 2.05) is 38.2 Å². The zero-order valence-corrected chi connectivity index (χ0v) is 13.0. The second-order valence-electron chi connectivity index (χ2n) is 5.17. The number of ketones is 1. The quantitative estimate of drug-likeness (QED) is 0.786. The average molecular weight is 304 g/mol. The normalized spacial score (nSPS) is 12.7. The van der Waals surface area contributed by atoms with Crippen LogP contribution in [0.15, 0.2) is 24.4 Å². The Morgan fingerprint density at radius 1 is 1.38 bits per heavy atom. The van der Waals surface area contributed by atoms with Crippen molar-refractivity contribution in [3.8, 4) is 17.0 Å². The van der Waals surface area contributed by atoms with E-state index in [-0.39, 0.29) is 5.78 Å². The molecule has 1 aromatic heterocycles. The zero-order chi connectivity index (χ0) is 15.0. The van der Waals surface area contributed by atoms with Crippen molar-refractivity contribution in [2.24, 2.45) is 0 Å². The van der Waals surface area contributed by atoms with Gasteiger partial charge in [-0.15, -0.1) is 0 Å². The maximum atomic E-state index is 12.2. The van der Waals surface area contributed by atoms with Gasteiger partial charge in [-0.05, 0) is 37.1 Å². The molecule has 2 aromatic rings. The molecule has 1 aliphatic rings. The molecule has 0 spiro atoms. The summed E-state index contributed by atoms with van der Waals surface area (Å²) in [4.78, 5) is 12.2. The summed E-state index contributed by atoms with van der Waals surface area (Å²) in [5.41, 5.74) is 4.04. The van der Waals surface area contributed by atoms with E-state index in [1.165, 1.54) is 5.56 Å². The van der Waals surface area contributed by atoms with Gasteiger partial charge in [0.2, 0.25) is 0 Å². The second kappa shape index (κ2) is 5.57. The SMILES string of the molecule is CCOc1cc2c(cc1Cl)CCn1ccc(C(=O)CC)c1-2. The van der Waals surface area contributed by atoms with E-state index in [1.54, 1.807) is 0 Å². The maximum absolute atomic E-state index is 12.2. The minimum absolute atomic E-state index is 0.171. The number of aryl methyl sites for hydroxylation is 2. The van der Waals surface area contributed by atoms with Crippen LogP contribution < -0.4 is 4.74 Å². The topological polar surface area (TPSA) is 31.2 Å². The van der Waals surface area contributed by atoms with E-state index in [4.69, 9.17) is 16.3 Å². The van der Waals surface area contributed by atoms with Gasteiger partial charge in [-0.25, -0.2) is 0 Å². The van der Waals surface area contributed by atoms with Gasteiger partial charge in [0.1, 0.15) is 5.75 Å². The first-order valence-corrected chi connectivity index (χ1v) is 7.71. The molecule has 3 nitrogen and oxygen atoms in total. The Kier molecular flexibility index (Phi) is 3.77. The van der Waals surface area contributed by atoms with E-state index in [9.17, 15) is 4.79 Å². The van der Waals surface area contributed by atoms with Gasteiger partial charge in [0.05, 0.1) is 17.3 Å². The highest BCUT2D eigenvalue weighted by Gasteiger charge is 2.23. The lowest BCUT2D eigenvalue weighted by molar-refractivity contribution is 0.0988. The molecule has 0 N–H and O–H groups in total. The van der Waals surface area contributed by atoms with Gasteiger partial charge in [0, 0.05) is 30.3 Å². The third kappa shape index (κ3) is 2.36. The number of carbonyl (C=O) groups excluding carboxylic acids is 1. The molecule has 1 aliphatic heterocycles. The summed E-state index contributed by atoms with van der Waals surface area (Å²) in [6.45, 7) is 5.28. The molecule has 0 fully saturated rings. The molecule has 0 atom stereocenters. The number of carbonyl (C=O) groups is 1. The zero-order valence-electron chi connectivity index (χ0n) is 12.3. The molecule has 1 aromatic carbocycles. The van der Waals surface area contributed by atoms with Crippen molar-refractivity contribution in [3.05, 3.63) is 40.5 Å². The fourth-order valence-corrected chi connectivity index (χ4v) is 3.14. The molecule has 0 unspecified atom stereocenters. The van der Waals surface area contributed by atoms with Crippen LogP contribution in [0.2, 0.25) is 5.02 Å². The molecule has 4 heteroatoms. The molecule has 3 rings (SSSR count). The molecule has 110 valence electrons. The van der Waals surface area contributed by atoms with Gasteiger partial charge in [-0.3, -0.25) is 4.79 Å². The molecule has 0 amide bonds. The third-order valence-corrected chi connectivity index (χ3v) is 4.22. The number of ether oxygens (including phenoxy) is 1. The lowest BCUT2D eigenvalue weighted by atomic mass is 9.94. The van der Waals surface area contributed by atoms with E-state index in [2.05, 4.69) is 4.57 Å². The summed E-state index contributed by atoms with van der Waals surface area (Å²) < 4.78 is 7.74. The number of hydrogen-bond donors (Lipinski definition) is 0. The summed E-state index contributed by atoms with van der Waals surface area (Å²) in [5, 5.41) is 0.638. The molecule has 2 heterocycles. The highest BCUT2D eigenvalue weighted by Crippen LogP contribution is 2.39. The first kappa shape index (κ1) is 14.2. The molecule has 0 aliphatic carbocycles. The lowest BCUT2D eigenvalue weighted by Crippen LogP contribution is -2.12. The first-order chi connectivity index (χ1) is 10.2. The van der Waals surface area contributed by atoms with Gasteiger partial charge >= 0.3 is 0 Å². The Morgan fingerprint density at radius 2 is 2.19 bits per heavy atom. The highest BCUT2D eigenvalue weighted by atomic mass is 35.5. The van der Waals surface area contributed by atoms with Crippen molar-refractivity contribution in [3.63, 3.8) is 0 Å². The lowest BCUT2D eigenvalue weighted by Gasteiger charge is -2.22. The highest BCUT2D eigenvalue weighted by molar-refractivity contribution is 6.32. The number of rotatable bonds is 4. The third-order valence-electron chi connectivity index (χ3n) is 3.92. The Bertz CT molecular complexity index is 703. The Labute approximate surface area is 129 Å². The minimum Gasteiger partial charge on any atom is -0.492 e. The summed E-state index contributed by atoms with van der Waals surface area (Å²) in [6.07, 6.45) is 3.43. The number of halogens is 1.